The highest BCUT2D eigenvalue weighted by Crippen LogP contribution is 2.21. The second-order valence-corrected chi connectivity index (χ2v) is 5.70. The third kappa shape index (κ3) is 2.66. The van der Waals surface area contributed by atoms with E-state index in [4.69, 9.17) is 0 Å². The van der Waals surface area contributed by atoms with E-state index >= 15 is 0 Å². The molecule has 0 aliphatic carbocycles. The number of hydrogen-bond acceptors (Lipinski definition) is 5. The summed E-state index contributed by atoms with van der Waals surface area (Å²) >= 11 is 6.18. The molecular weight excluding hydrogens is 310 g/mol. The van der Waals surface area contributed by atoms with Gasteiger partial charge in [0.1, 0.15) is 0 Å². The van der Waals surface area contributed by atoms with Crippen LogP contribution in [-0.2, 0) is 6.54 Å². The van der Waals surface area contributed by atoms with Gasteiger partial charge in [0.2, 0.25) is 0 Å². The molecule has 0 N–H and O–H groups in total. The minimum Gasteiger partial charge on any atom is -0.335 e. The molecular formula is C9H8BrN3OS2. The van der Waals surface area contributed by atoms with E-state index in [-0.39, 0.29) is 5.91 Å². The molecule has 0 atom stereocenters. The standard InChI is InChI=1S/C9H8BrN3OS2/c1-13(3-7-2-6(10)4-15-7)9(14)8-5-16-12-11-8/h2,4-5H,3H2,1H3. The normalized spacial score (nSPS) is 10.4. The Morgan fingerprint density at radius 3 is 2.94 bits per heavy atom. The number of hydrogen-bond donors (Lipinski definition) is 0. The fourth-order valence-electron chi connectivity index (χ4n) is 1.20. The van der Waals surface area contributed by atoms with Crippen LogP contribution in [0, 0.1) is 0 Å². The minimum atomic E-state index is -0.0988. The van der Waals surface area contributed by atoms with Gasteiger partial charge in [-0.1, -0.05) is 4.49 Å². The molecule has 0 aliphatic rings. The highest BCUT2D eigenvalue weighted by Gasteiger charge is 2.15. The Bertz CT molecular complexity index is 483. The topological polar surface area (TPSA) is 46.1 Å². The van der Waals surface area contributed by atoms with Crippen LogP contribution in [0.4, 0.5) is 0 Å². The molecule has 2 rings (SSSR count). The Morgan fingerprint density at radius 1 is 1.56 bits per heavy atom. The van der Waals surface area contributed by atoms with Crippen LogP contribution in [0.15, 0.2) is 21.3 Å². The molecule has 1 amide bonds. The van der Waals surface area contributed by atoms with Gasteiger partial charge in [0, 0.05) is 27.2 Å². The van der Waals surface area contributed by atoms with E-state index in [1.807, 2.05) is 11.4 Å². The van der Waals surface area contributed by atoms with Crippen molar-refractivity contribution in [1.29, 1.82) is 0 Å². The van der Waals surface area contributed by atoms with Gasteiger partial charge >= 0.3 is 0 Å². The molecule has 0 fully saturated rings. The van der Waals surface area contributed by atoms with Crippen LogP contribution in [-0.4, -0.2) is 27.4 Å². The summed E-state index contributed by atoms with van der Waals surface area (Å²) in [6.45, 7) is 0.590. The van der Waals surface area contributed by atoms with Gasteiger partial charge in [0.15, 0.2) is 5.69 Å². The van der Waals surface area contributed by atoms with Gasteiger partial charge in [0.05, 0.1) is 6.54 Å². The zero-order chi connectivity index (χ0) is 11.5. The zero-order valence-corrected chi connectivity index (χ0v) is 11.6. The monoisotopic (exact) mass is 317 g/mol. The van der Waals surface area contributed by atoms with Crippen molar-refractivity contribution < 1.29 is 4.79 Å². The predicted molar refractivity (Wildman–Crippen MR) is 67.7 cm³/mol. The highest BCUT2D eigenvalue weighted by molar-refractivity contribution is 9.10. The Morgan fingerprint density at radius 2 is 2.38 bits per heavy atom. The van der Waals surface area contributed by atoms with Crippen LogP contribution in [0.5, 0.6) is 0 Å². The van der Waals surface area contributed by atoms with Crippen molar-refractivity contribution in [3.05, 3.63) is 31.9 Å². The van der Waals surface area contributed by atoms with Crippen molar-refractivity contribution in [2.24, 2.45) is 0 Å². The van der Waals surface area contributed by atoms with E-state index in [0.29, 0.717) is 12.2 Å². The van der Waals surface area contributed by atoms with E-state index in [0.717, 1.165) is 9.35 Å². The van der Waals surface area contributed by atoms with Crippen LogP contribution in [0.1, 0.15) is 15.4 Å². The molecule has 0 aliphatic heterocycles. The van der Waals surface area contributed by atoms with Crippen molar-refractivity contribution in [3.8, 4) is 0 Å². The van der Waals surface area contributed by atoms with Crippen LogP contribution in [0.2, 0.25) is 0 Å². The molecule has 0 bridgehead atoms. The van der Waals surface area contributed by atoms with Gasteiger partial charge in [-0.2, -0.15) is 0 Å². The van der Waals surface area contributed by atoms with Crippen LogP contribution >= 0.6 is 38.8 Å². The second kappa shape index (κ2) is 5.03. The smallest absolute Gasteiger partial charge is 0.275 e. The summed E-state index contributed by atoms with van der Waals surface area (Å²) in [6.07, 6.45) is 0. The summed E-state index contributed by atoms with van der Waals surface area (Å²) in [5, 5.41) is 7.41. The highest BCUT2D eigenvalue weighted by atomic mass is 79.9. The van der Waals surface area contributed by atoms with Crippen LogP contribution < -0.4 is 0 Å². The lowest BCUT2D eigenvalue weighted by atomic mass is 10.4. The number of carbonyl (C=O) groups excluding carboxylic acids is 1. The summed E-state index contributed by atoms with van der Waals surface area (Å²) < 4.78 is 4.72. The molecule has 0 saturated carbocycles. The number of halogens is 1. The SMILES string of the molecule is CN(Cc1cc(Br)cs1)C(=O)c1csnn1. The van der Waals surface area contributed by atoms with Crippen molar-refractivity contribution >= 4 is 44.7 Å². The first kappa shape index (κ1) is 11.7. The van der Waals surface area contributed by atoms with Crippen molar-refractivity contribution in [2.75, 3.05) is 7.05 Å². The van der Waals surface area contributed by atoms with Gasteiger partial charge in [-0.05, 0) is 33.5 Å². The Labute approximate surface area is 109 Å². The first-order valence-corrected chi connectivity index (χ1v) is 6.93. The quantitative estimate of drug-likeness (QED) is 0.874. The molecule has 84 valence electrons. The number of nitrogens with zero attached hydrogens (tertiary/aromatic N) is 3. The first-order chi connectivity index (χ1) is 7.66. The molecule has 7 heteroatoms. The van der Waals surface area contributed by atoms with Crippen LogP contribution in [0.3, 0.4) is 0 Å². The molecule has 2 aromatic rings. The second-order valence-electron chi connectivity index (χ2n) is 3.18. The van der Waals surface area contributed by atoms with E-state index < -0.39 is 0 Å². The maximum absolute atomic E-state index is 11.8. The predicted octanol–water partition coefficient (Wildman–Crippen LogP) is 2.63. The average molecular weight is 318 g/mol. The number of carbonyl (C=O) groups is 1. The van der Waals surface area contributed by atoms with Gasteiger partial charge in [-0.3, -0.25) is 4.79 Å². The number of thiophene rings is 1. The largest absolute Gasteiger partial charge is 0.335 e. The lowest BCUT2D eigenvalue weighted by Gasteiger charge is -2.13. The summed E-state index contributed by atoms with van der Waals surface area (Å²) in [5.41, 5.74) is 0.406. The molecule has 2 heterocycles. The Hall–Kier alpha value is -0.790. The molecule has 0 unspecified atom stereocenters. The summed E-state index contributed by atoms with van der Waals surface area (Å²) in [5.74, 6) is -0.0988. The minimum absolute atomic E-state index is 0.0988. The number of aromatic nitrogens is 2. The molecule has 0 saturated heterocycles. The molecule has 0 radical (unpaired) electrons. The molecule has 2 aromatic heterocycles. The number of amides is 1. The van der Waals surface area contributed by atoms with Crippen LogP contribution in [0.25, 0.3) is 0 Å². The summed E-state index contributed by atoms with van der Waals surface area (Å²) in [6, 6.07) is 2.01. The van der Waals surface area contributed by atoms with Crippen molar-refractivity contribution in [1.82, 2.24) is 14.5 Å². The molecule has 0 aromatic carbocycles. The molecule has 4 nitrogen and oxygen atoms in total. The summed E-state index contributed by atoms with van der Waals surface area (Å²) in [7, 11) is 1.76. The van der Waals surface area contributed by atoms with Gasteiger partial charge < -0.3 is 4.90 Å². The van der Waals surface area contributed by atoms with E-state index in [1.165, 1.54) is 11.5 Å². The third-order valence-corrected chi connectivity index (χ3v) is 4.13. The van der Waals surface area contributed by atoms with E-state index in [2.05, 4.69) is 25.5 Å². The van der Waals surface area contributed by atoms with Gasteiger partial charge in [-0.25, -0.2) is 0 Å². The zero-order valence-electron chi connectivity index (χ0n) is 8.38. The molecule has 0 spiro atoms. The Balaban J connectivity index is 2.03. The number of rotatable bonds is 3. The molecule has 16 heavy (non-hydrogen) atoms. The lowest BCUT2D eigenvalue weighted by Crippen LogP contribution is -2.26. The third-order valence-electron chi connectivity index (χ3n) is 1.94. The van der Waals surface area contributed by atoms with E-state index in [1.54, 1.807) is 28.7 Å². The fraction of sp³-hybridized carbons (Fsp3) is 0.222. The van der Waals surface area contributed by atoms with Crippen molar-refractivity contribution in [3.63, 3.8) is 0 Å². The van der Waals surface area contributed by atoms with Gasteiger partial charge in [0.25, 0.3) is 5.91 Å². The fourth-order valence-corrected chi connectivity index (χ4v) is 3.13. The van der Waals surface area contributed by atoms with E-state index in [9.17, 15) is 4.79 Å². The lowest BCUT2D eigenvalue weighted by molar-refractivity contribution is 0.0780. The first-order valence-electron chi connectivity index (χ1n) is 4.42. The summed E-state index contributed by atoms with van der Waals surface area (Å²) in [4.78, 5) is 14.6. The maximum Gasteiger partial charge on any atom is 0.275 e. The van der Waals surface area contributed by atoms with Crippen molar-refractivity contribution in [2.45, 2.75) is 6.54 Å². The van der Waals surface area contributed by atoms with Gasteiger partial charge in [-0.15, -0.1) is 16.4 Å². The maximum atomic E-state index is 11.8. The Kier molecular flexibility index (Phi) is 3.67. The average Bonchev–Trinajstić information content (AvgIpc) is 2.88.